The van der Waals surface area contributed by atoms with Crippen molar-refractivity contribution in [3.63, 3.8) is 0 Å². The molecule has 3 atom stereocenters. The van der Waals surface area contributed by atoms with Gasteiger partial charge in [0.15, 0.2) is 0 Å². The van der Waals surface area contributed by atoms with E-state index >= 15 is 0 Å². The summed E-state index contributed by atoms with van der Waals surface area (Å²) in [6, 6.07) is 10.9. The third-order valence-corrected chi connectivity index (χ3v) is 5.83. The summed E-state index contributed by atoms with van der Waals surface area (Å²) in [5, 5.41) is 9.77. The van der Waals surface area contributed by atoms with Crippen LogP contribution in [0.4, 0.5) is 0 Å². The van der Waals surface area contributed by atoms with Gasteiger partial charge >= 0.3 is 0 Å². The second-order valence-corrected chi connectivity index (χ2v) is 8.44. The lowest BCUT2D eigenvalue weighted by Crippen LogP contribution is -2.50. The first-order chi connectivity index (χ1) is 15.8. The molecule has 0 saturated carbocycles. The van der Waals surface area contributed by atoms with Gasteiger partial charge in [-0.2, -0.15) is 0 Å². The second-order valence-electron chi connectivity index (χ2n) is 8.44. The van der Waals surface area contributed by atoms with Gasteiger partial charge in [-0.1, -0.05) is 43.9 Å². The molecule has 2 amide bonds. The smallest absolute Gasteiger partial charge is 0.259 e. The van der Waals surface area contributed by atoms with Crippen LogP contribution in [0.3, 0.4) is 0 Å². The van der Waals surface area contributed by atoms with E-state index in [2.05, 4.69) is 16.8 Å². The lowest BCUT2D eigenvalue weighted by Gasteiger charge is -2.37. The molecule has 1 N–H and O–H groups in total. The number of benzene rings is 1. The zero-order valence-electron chi connectivity index (χ0n) is 19.6. The molecule has 33 heavy (non-hydrogen) atoms. The maximum Gasteiger partial charge on any atom is 0.259 e. The fraction of sp³-hybridized carbons (Fsp3) is 0.423. The summed E-state index contributed by atoms with van der Waals surface area (Å²) in [6.07, 6.45) is 1.63. The molecule has 2 aromatic rings. The predicted octanol–water partition coefficient (Wildman–Crippen LogP) is 2.57. The van der Waals surface area contributed by atoms with Gasteiger partial charge in [-0.25, -0.2) is 4.98 Å². The average Bonchev–Trinajstić information content (AvgIpc) is 2.84. The Bertz CT molecular complexity index is 1040. The molecule has 7 heteroatoms. The van der Waals surface area contributed by atoms with Crippen LogP contribution in [0.25, 0.3) is 0 Å². The number of aliphatic hydroxyl groups excluding tert-OH is 1. The molecule has 0 spiro atoms. The highest BCUT2D eigenvalue weighted by molar-refractivity contribution is 5.97. The minimum atomic E-state index is -0.374. The molecule has 1 aliphatic rings. The summed E-state index contributed by atoms with van der Waals surface area (Å²) in [6.45, 7) is 6.21. The topological polar surface area (TPSA) is 83.0 Å². The lowest BCUT2D eigenvalue weighted by molar-refractivity contribution is -0.131. The normalized spacial score (nSPS) is 18.7. The van der Waals surface area contributed by atoms with E-state index in [-0.39, 0.29) is 42.4 Å². The minimum Gasteiger partial charge on any atom is -0.472 e. The molecule has 2 heterocycles. The molecule has 0 radical (unpaired) electrons. The Balaban J connectivity index is 1.98. The van der Waals surface area contributed by atoms with E-state index in [9.17, 15) is 14.7 Å². The number of carbonyl (C=O) groups is 2. The van der Waals surface area contributed by atoms with E-state index in [1.165, 1.54) is 0 Å². The number of aromatic nitrogens is 1. The van der Waals surface area contributed by atoms with E-state index in [0.29, 0.717) is 30.6 Å². The van der Waals surface area contributed by atoms with Crippen molar-refractivity contribution in [1.82, 2.24) is 14.8 Å². The van der Waals surface area contributed by atoms with E-state index in [1.54, 1.807) is 36.0 Å². The maximum absolute atomic E-state index is 13.4. The van der Waals surface area contributed by atoms with Crippen LogP contribution in [0, 0.1) is 17.8 Å². The average molecular weight is 450 g/mol. The summed E-state index contributed by atoms with van der Waals surface area (Å²) in [4.78, 5) is 33.3. The van der Waals surface area contributed by atoms with E-state index in [0.717, 1.165) is 5.56 Å². The van der Waals surface area contributed by atoms with Crippen molar-refractivity contribution in [2.45, 2.75) is 39.3 Å². The Kier molecular flexibility index (Phi) is 8.07. The number of aliphatic hydroxyl groups is 1. The first kappa shape index (κ1) is 24.3. The van der Waals surface area contributed by atoms with E-state index in [4.69, 9.17) is 4.74 Å². The van der Waals surface area contributed by atoms with Gasteiger partial charge in [0.25, 0.3) is 5.91 Å². The number of amides is 2. The number of likely N-dealkylation sites (N-methyl/N-ethyl adjacent to an activating group) is 1. The Hall–Kier alpha value is -3.37. The summed E-state index contributed by atoms with van der Waals surface area (Å²) < 4.78 is 6.20. The Labute approximate surface area is 195 Å². The standard InChI is InChI=1S/C26H31N3O4/c1-5-24(31)28(4)16-23-18(2)15-29(19(3)17-30)26(32)22-13-21(14-27-25(22)33-23)12-11-20-9-7-6-8-10-20/h6-10,13-14,18-19,23,30H,5,15-17H2,1-4H3/t18-,19-,23+/m1/s1. The van der Waals surface area contributed by atoms with Gasteiger partial charge in [-0.3, -0.25) is 9.59 Å². The van der Waals surface area contributed by atoms with Crippen LogP contribution in [0.2, 0.25) is 0 Å². The first-order valence-electron chi connectivity index (χ1n) is 11.2. The molecule has 0 saturated heterocycles. The Morgan fingerprint density at radius 2 is 2.00 bits per heavy atom. The van der Waals surface area contributed by atoms with Crippen molar-refractivity contribution in [2.24, 2.45) is 5.92 Å². The first-order valence-corrected chi connectivity index (χ1v) is 11.2. The quantitative estimate of drug-likeness (QED) is 0.710. The van der Waals surface area contributed by atoms with Crippen LogP contribution in [0.15, 0.2) is 42.6 Å². The minimum absolute atomic E-state index is 0.0178. The number of fused-ring (bicyclic) bond motifs is 1. The van der Waals surface area contributed by atoms with Crippen LogP contribution in [-0.2, 0) is 4.79 Å². The van der Waals surface area contributed by atoms with Crippen molar-refractivity contribution in [3.8, 4) is 17.7 Å². The van der Waals surface area contributed by atoms with Crippen molar-refractivity contribution in [2.75, 3.05) is 26.7 Å². The third-order valence-electron chi connectivity index (χ3n) is 5.83. The van der Waals surface area contributed by atoms with Gasteiger partial charge in [-0.15, -0.1) is 0 Å². The van der Waals surface area contributed by atoms with Gasteiger partial charge in [0.05, 0.1) is 19.2 Å². The fourth-order valence-corrected chi connectivity index (χ4v) is 3.70. The molecule has 1 aromatic carbocycles. The molecule has 174 valence electrons. The molecular weight excluding hydrogens is 418 g/mol. The summed E-state index contributed by atoms with van der Waals surface area (Å²) in [7, 11) is 1.75. The van der Waals surface area contributed by atoms with Gasteiger partial charge in [0, 0.05) is 43.3 Å². The highest BCUT2D eigenvalue weighted by Gasteiger charge is 2.34. The number of nitrogens with zero attached hydrogens (tertiary/aromatic N) is 3. The predicted molar refractivity (Wildman–Crippen MR) is 126 cm³/mol. The van der Waals surface area contributed by atoms with Crippen molar-refractivity contribution in [1.29, 1.82) is 0 Å². The number of rotatable bonds is 5. The molecule has 0 bridgehead atoms. The van der Waals surface area contributed by atoms with Crippen molar-refractivity contribution >= 4 is 11.8 Å². The maximum atomic E-state index is 13.4. The van der Waals surface area contributed by atoms with Crippen LogP contribution in [0.1, 0.15) is 48.7 Å². The number of hydrogen-bond donors (Lipinski definition) is 1. The molecular formula is C26H31N3O4. The number of carbonyl (C=O) groups excluding carboxylic acids is 2. The number of pyridine rings is 1. The molecule has 0 unspecified atom stereocenters. The van der Waals surface area contributed by atoms with Crippen molar-refractivity contribution < 1.29 is 19.4 Å². The molecule has 3 rings (SSSR count). The van der Waals surface area contributed by atoms with Gasteiger partial charge in [-0.05, 0) is 25.1 Å². The van der Waals surface area contributed by atoms with Crippen LogP contribution in [-0.4, -0.2) is 70.6 Å². The van der Waals surface area contributed by atoms with Gasteiger partial charge < -0.3 is 19.6 Å². The lowest BCUT2D eigenvalue weighted by atomic mass is 9.99. The second kappa shape index (κ2) is 11.0. The zero-order valence-corrected chi connectivity index (χ0v) is 19.6. The molecule has 1 aromatic heterocycles. The van der Waals surface area contributed by atoms with Crippen LogP contribution >= 0.6 is 0 Å². The molecule has 0 aliphatic carbocycles. The number of hydrogen-bond acceptors (Lipinski definition) is 5. The fourth-order valence-electron chi connectivity index (χ4n) is 3.70. The molecule has 7 nitrogen and oxygen atoms in total. The SMILES string of the molecule is CCC(=O)N(C)C[C@@H]1Oc2ncc(C#Cc3ccccc3)cc2C(=O)N([C@H](C)CO)C[C@H]1C. The molecule has 1 aliphatic heterocycles. The number of ether oxygens (including phenoxy) is 1. The van der Waals surface area contributed by atoms with Crippen molar-refractivity contribution in [3.05, 3.63) is 59.3 Å². The van der Waals surface area contributed by atoms with E-state index < -0.39 is 0 Å². The largest absolute Gasteiger partial charge is 0.472 e. The zero-order chi connectivity index (χ0) is 24.0. The monoisotopic (exact) mass is 449 g/mol. The summed E-state index contributed by atoms with van der Waals surface area (Å²) in [5.41, 5.74) is 1.76. The summed E-state index contributed by atoms with van der Waals surface area (Å²) in [5.74, 6) is 6.03. The third kappa shape index (κ3) is 5.91. The Morgan fingerprint density at radius 1 is 1.30 bits per heavy atom. The van der Waals surface area contributed by atoms with E-state index in [1.807, 2.05) is 44.2 Å². The highest BCUT2D eigenvalue weighted by Crippen LogP contribution is 2.27. The van der Waals surface area contributed by atoms with Gasteiger partial charge in [0.2, 0.25) is 11.8 Å². The van der Waals surface area contributed by atoms with Gasteiger partial charge in [0.1, 0.15) is 11.7 Å². The Morgan fingerprint density at radius 3 is 2.67 bits per heavy atom. The highest BCUT2D eigenvalue weighted by atomic mass is 16.5. The molecule has 0 fully saturated rings. The summed E-state index contributed by atoms with van der Waals surface area (Å²) >= 11 is 0. The van der Waals surface area contributed by atoms with Crippen LogP contribution < -0.4 is 4.74 Å². The van der Waals surface area contributed by atoms with Crippen LogP contribution in [0.5, 0.6) is 5.88 Å².